The third-order valence-electron chi connectivity index (χ3n) is 6.64. The van der Waals surface area contributed by atoms with Crippen LogP contribution in [0, 0.1) is 13.8 Å². The summed E-state index contributed by atoms with van der Waals surface area (Å²) in [7, 11) is 3.64. The summed E-state index contributed by atoms with van der Waals surface area (Å²) < 4.78 is 3.42. The summed E-state index contributed by atoms with van der Waals surface area (Å²) in [5.74, 6) is -0.448. The number of nitrogens with zero attached hydrogens (tertiary/aromatic N) is 4. The monoisotopic (exact) mass is 481 g/mol. The molecule has 2 heterocycles. The third kappa shape index (κ3) is 3.80. The van der Waals surface area contributed by atoms with Crippen molar-refractivity contribution in [3.05, 3.63) is 87.3 Å². The van der Waals surface area contributed by atoms with Crippen LogP contribution in [0.25, 0.3) is 33.2 Å². The van der Waals surface area contributed by atoms with E-state index in [2.05, 4.69) is 10.4 Å². The molecule has 0 aliphatic heterocycles. The maximum absolute atomic E-state index is 13.5. The zero-order valence-electron chi connectivity index (χ0n) is 20.8. The molecule has 0 radical (unpaired) electrons. The fourth-order valence-corrected chi connectivity index (χ4v) is 4.83. The molecule has 1 atom stereocenters. The molecule has 5 aromatic rings. The van der Waals surface area contributed by atoms with Gasteiger partial charge in [-0.3, -0.25) is 14.0 Å². The summed E-state index contributed by atoms with van der Waals surface area (Å²) >= 11 is 0. The van der Waals surface area contributed by atoms with Gasteiger partial charge in [0.25, 0.3) is 5.56 Å². The van der Waals surface area contributed by atoms with E-state index in [1.807, 2.05) is 62.8 Å². The second-order valence-corrected chi connectivity index (χ2v) is 9.21. The van der Waals surface area contributed by atoms with Crippen molar-refractivity contribution in [1.29, 1.82) is 0 Å². The minimum Gasteiger partial charge on any atom is -0.478 e. The van der Waals surface area contributed by atoms with Crippen LogP contribution in [0.5, 0.6) is 0 Å². The van der Waals surface area contributed by atoms with E-state index in [1.165, 1.54) is 0 Å². The van der Waals surface area contributed by atoms with Gasteiger partial charge in [-0.2, -0.15) is 5.10 Å². The summed E-state index contributed by atoms with van der Waals surface area (Å²) in [5, 5.41) is 18.9. The minimum atomic E-state index is -1.00. The Morgan fingerprint density at radius 2 is 1.78 bits per heavy atom. The Balaban J connectivity index is 1.69. The second kappa shape index (κ2) is 8.64. The van der Waals surface area contributed by atoms with E-state index in [1.54, 1.807) is 35.9 Å². The molecule has 0 aliphatic rings. The van der Waals surface area contributed by atoms with E-state index in [-0.39, 0.29) is 17.2 Å². The first-order valence-corrected chi connectivity index (χ1v) is 11.7. The molecule has 3 aromatic carbocycles. The maximum Gasteiger partial charge on any atom is 0.337 e. The molecule has 0 saturated heterocycles. The molecule has 2 N–H and O–H groups in total. The molecule has 36 heavy (non-hydrogen) atoms. The van der Waals surface area contributed by atoms with Crippen LogP contribution in [-0.4, -0.2) is 30.4 Å². The number of benzene rings is 3. The summed E-state index contributed by atoms with van der Waals surface area (Å²) in [4.78, 5) is 30.2. The van der Waals surface area contributed by atoms with E-state index in [0.717, 1.165) is 33.3 Å². The van der Waals surface area contributed by atoms with Gasteiger partial charge in [-0.25, -0.2) is 9.78 Å². The van der Waals surface area contributed by atoms with Crippen LogP contribution < -0.4 is 10.9 Å². The lowest BCUT2D eigenvalue weighted by atomic mass is 10.00. The van der Waals surface area contributed by atoms with Gasteiger partial charge < -0.3 is 10.4 Å². The molecule has 8 heteroatoms. The van der Waals surface area contributed by atoms with Crippen LogP contribution in [-0.2, 0) is 14.1 Å². The first kappa shape index (κ1) is 23.3. The number of para-hydroxylation sites is 1. The number of carbonyl (C=O) groups is 1. The molecule has 8 nitrogen and oxygen atoms in total. The normalized spacial score (nSPS) is 12.2. The highest BCUT2D eigenvalue weighted by molar-refractivity contribution is 5.94. The zero-order chi connectivity index (χ0) is 25.7. The van der Waals surface area contributed by atoms with E-state index in [4.69, 9.17) is 4.98 Å². The lowest BCUT2D eigenvalue weighted by molar-refractivity contribution is 0.0698. The number of nitrogens with one attached hydrogen (secondary N) is 1. The molecule has 0 saturated carbocycles. The van der Waals surface area contributed by atoms with Crippen molar-refractivity contribution in [2.45, 2.75) is 26.8 Å². The molecule has 0 spiro atoms. The Morgan fingerprint density at radius 3 is 2.53 bits per heavy atom. The summed E-state index contributed by atoms with van der Waals surface area (Å²) in [6.07, 6.45) is 0. The molecule has 0 unspecified atom stereocenters. The molecule has 0 aliphatic carbocycles. The van der Waals surface area contributed by atoms with Gasteiger partial charge in [0.1, 0.15) is 5.82 Å². The van der Waals surface area contributed by atoms with Gasteiger partial charge >= 0.3 is 5.97 Å². The topological polar surface area (TPSA) is 102 Å². The molecule has 2 aromatic heterocycles. The average molecular weight is 482 g/mol. The highest BCUT2D eigenvalue weighted by Crippen LogP contribution is 2.30. The van der Waals surface area contributed by atoms with Crippen LogP contribution >= 0.6 is 0 Å². The van der Waals surface area contributed by atoms with Crippen molar-refractivity contribution >= 4 is 33.5 Å². The number of fused-ring (bicyclic) bond motifs is 2. The third-order valence-corrected chi connectivity index (χ3v) is 6.64. The van der Waals surface area contributed by atoms with Crippen LogP contribution in [0.2, 0.25) is 0 Å². The lowest BCUT2D eigenvalue weighted by Gasteiger charge is -2.20. The molecule has 182 valence electrons. The number of anilines is 1. The van der Waals surface area contributed by atoms with Crippen molar-refractivity contribution in [2.24, 2.45) is 14.1 Å². The Hall–Kier alpha value is -4.46. The Morgan fingerprint density at radius 1 is 1.03 bits per heavy atom. The van der Waals surface area contributed by atoms with Crippen molar-refractivity contribution < 1.29 is 9.90 Å². The number of hydrogen-bond acceptors (Lipinski definition) is 5. The minimum absolute atomic E-state index is 0.138. The van der Waals surface area contributed by atoms with Crippen LogP contribution in [0.4, 0.5) is 5.69 Å². The fourth-order valence-electron chi connectivity index (χ4n) is 4.83. The van der Waals surface area contributed by atoms with Crippen LogP contribution in [0.1, 0.15) is 40.1 Å². The summed E-state index contributed by atoms with van der Waals surface area (Å²) in [6, 6.07) is 16.3. The zero-order valence-corrected chi connectivity index (χ0v) is 20.8. The van der Waals surface area contributed by atoms with Crippen molar-refractivity contribution in [3.63, 3.8) is 0 Å². The van der Waals surface area contributed by atoms with Gasteiger partial charge in [-0.15, -0.1) is 0 Å². The number of carboxylic acid groups (broad SMARTS) is 1. The molecule has 5 rings (SSSR count). The smallest absolute Gasteiger partial charge is 0.337 e. The van der Waals surface area contributed by atoms with Crippen molar-refractivity contribution in [1.82, 2.24) is 19.3 Å². The molecular formula is C28H27N5O3. The Bertz CT molecular complexity index is 1730. The second-order valence-electron chi connectivity index (χ2n) is 9.21. The average Bonchev–Trinajstić information content (AvgIpc) is 3.14. The SMILES string of the molecule is Cc1cc([C@@H](C)Nc2ccccc2C(=O)O)c2nc(-c3ccc4c(c3)c(C)nn4C)n(C)c(=O)c2c1. The van der Waals surface area contributed by atoms with Gasteiger partial charge in [0.2, 0.25) is 0 Å². The van der Waals surface area contributed by atoms with Gasteiger partial charge in [0.05, 0.1) is 33.7 Å². The number of carboxylic acids is 1. The van der Waals surface area contributed by atoms with E-state index >= 15 is 0 Å². The molecule has 0 fully saturated rings. The number of aryl methyl sites for hydroxylation is 3. The van der Waals surface area contributed by atoms with Crippen LogP contribution in [0.15, 0.2) is 59.4 Å². The fraction of sp³-hybridized carbons (Fsp3) is 0.214. The summed E-state index contributed by atoms with van der Waals surface area (Å²) in [6.45, 7) is 5.84. The first-order chi connectivity index (χ1) is 17.2. The highest BCUT2D eigenvalue weighted by Gasteiger charge is 2.19. The van der Waals surface area contributed by atoms with Gasteiger partial charge in [-0.1, -0.05) is 18.2 Å². The molecule has 0 amide bonds. The largest absolute Gasteiger partial charge is 0.478 e. The highest BCUT2D eigenvalue weighted by atomic mass is 16.4. The maximum atomic E-state index is 13.5. The molecular weight excluding hydrogens is 454 g/mol. The Labute approximate surface area is 207 Å². The van der Waals surface area contributed by atoms with Gasteiger partial charge in [0.15, 0.2) is 0 Å². The van der Waals surface area contributed by atoms with Gasteiger partial charge in [0, 0.05) is 36.3 Å². The van der Waals surface area contributed by atoms with Gasteiger partial charge in [-0.05, 0) is 62.7 Å². The number of aromatic nitrogens is 4. The van der Waals surface area contributed by atoms with E-state index in [0.29, 0.717) is 22.4 Å². The van der Waals surface area contributed by atoms with E-state index in [9.17, 15) is 14.7 Å². The standard InChI is InChI=1S/C28H27N5O3/c1-15-12-21(16(2)29-23-9-7-6-8-19(23)28(35)36)25-22(13-15)27(34)32(4)26(30-25)18-10-11-24-20(14-18)17(3)31-33(24)5/h6-14,16,29H,1-5H3,(H,35,36)/t16-/m1/s1. The quantitative estimate of drug-likeness (QED) is 0.367. The predicted octanol–water partition coefficient (Wildman–Crippen LogP) is 4.98. The number of rotatable bonds is 5. The molecule has 0 bridgehead atoms. The van der Waals surface area contributed by atoms with E-state index < -0.39 is 5.97 Å². The summed E-state index contributed by atoms with van der Waals surface area (Å²) in [5.41, 5.74) is 5.64. The number of hydrogen-bond donors (Lipinski definition) is 2. The predicted molar refractivity (Wildman–Crippen MR) is 142 cm³/mol. The first-order valence-electron chi connectivity index (χ1n) is 11.7. The Kier molecular flexibility index (Phi) is 5.59. The lowest BCUT2D eigenvalue weighted by Crippen LogP contribution is -2.22. The van der Waals surface area contributed by atoms with Crippen molar-refractivity contribution in [3.8, 4) is 11.4 Å². The van der Waals surface area contributed by atoms with Crippen molar-refractivity contribution in [2.75, 3.05) is 5.32 Å². The van der Waals surface area contributed by atoms with Crippen LogP contribution in [0.3, 0.4) is 0 Å². The number of aromatic carboxylic acids is 1.